The predicted octanol–water partition coefficient (Wildman–Crippen LogP) is 2.41. The second-order valence-electron chi connectivity index (χ2n) is 6.28. The molecule has 0 radical (unpaired) electrons. The molecule has 0 bridgehead atoms. The molecule has 128 valence electrons. The van der Waals surface area contributed by atoms with Crippen LogP contribution in [0.25, 0.3) is 0 Å². The maximum atomic E-state index is 13.0. The molecule has 1 saturated heterocycles. The van der Waals surface area contributed by atoms with Gasteiger partial charge in [-0.15, -0.1) is 0 Å². The maximum Gasteiger partial charge on any atom is 0.227 e. The van der Waals surface area contributed by atoms with E-state index in [0.29, 0.717) is 18.0 Å². The minimum atomic E-state index is -0.0303. The van der Waals surface area contributed by atoms with Crippen LogP contribution < -0.4 is 5.32 Å². The monoisotopic (exact) mass is 346 g/mol. The average Bonchev–Trinajstić information content (AvgIpc) is 2.81. The highest BCUT2D eigenvalue weighted by molar-refractivity contribution is 6.31. The summed E-state index contributed by atoms with van der Waals surface area (Å²) in [6.07, 6.45) is 0.381. The predicted molar refractivity (Wildman–Crippen MR) is 95.2 cm³/mol. The van der Waals surface area contributed by atoms with Gasteiger partial charge in [-0.25, -0.2) is 0 Å². The van der Waals surface area contributed by atoms with E-state index in [1.165, 1.54) is 0 Å². The van der Waals surface area contributed by atoms with Crippen molar-refractivity contribution in [2.75, 3.05) is 19.6 Å². The molecule has 1 aliphatic rings. The molecule has 6 heteroatoms. The highest BCUT2D eigenvalue weighted by Gasteiger charge is 2.30. The Labute approximate surface area is 147 Å². The lowest BCUT2D eigenvalue weighted by molar-refractivity contribution is -0.133. The van der Waals surface area contributed by atoms with Gasteiger partial charge >= 0.3 is 0 Å². The van der Waals surface area contributed by atoms with Crippen molar-refractivity contribution in [3.8, 4) is 0 Å². The van der Waals surface area contributed by atoms with Crippen LogP contribution in [0.1, 0.15) is 28.6 Å². The van der Waals surface area contributed by atoms with Crippen LogP contribution in [-0.2, 0) is 18.3 Å². The fourth-order valence-corrected chi connectivity index (χ4v) is 3.61. The molecule has 0 aliphatic carbocycles. The summed E-state index contributed by atoms with van der Waals surface area (Å²) in [7, 11) is 1.91. The van der Waals surface area contributed by atoms with Gasteiger partial charge in [-0.2, -0.15) is 5.10 Å². The van der Waals surface area contributed by atoms with Gasteiger partial charge in [0.05, 0.1) is 18.2 Å². The van der Waals surface area contributed by atoms with Crippen molar-refractivity contribution < 1.29 is 4.79 Å². The van der Waals surface area contributed by atoms with Gasteiger partial charge in [0.2, 0.25) is 5.91 Å². The second-order valence-corrected chi connectivity index (χ2v) is 6.69. The fraction of sp³-hybridized carbons (Fsp3) is 0.444. The zero-order chi connectivity index (χ0) is 17.3. The number of hydrogen-bond acceptors (Lipinski definition) is 3. The van der Waals surface area contributed by atoms with E-state index in [2.05, 4.69) is 10.4 Å². The Balaban J connectivity index is 1.85. The second kappa shape index (κ2) is 6.95. The molecule has 5 nitrogen and oxygen atoms in total. The number of carbonyl (C=O) groups excluding carboxylic acids is 1. The Kier molecular flexibility index (Phi) is 4.92. The largest absolute Gasteiger partial charge is 0.333 e. The van der Waals surface area contributed by atoms with Gasteiger partial charge in [0, 0.05) is 43.0 Å². The third-order valence-electron chi connectivity index (χ3n) is 4.81. The SMILES string of the molecule is Cc1nn(C)c(C)c1CC(=O)N1CCNCC1c1ccccc1Cl. The highest BCUT2D eigenvalue weighted by Crippen LogP contribution is 2.29. The number of hydrogen-bond donors (Lipinski definition) is 1. The van der Waals surface area contributed by atoms with Crippen LogP contribution in [0.5, 0.6) is 0 Å². The quantitative estimate of drug-likeness (QED) is 0.928. The van der Waals surface area contributed by atoms with Crippen molar-refractivity contribution in [1.29, 1.82) is 0 Å². The summed E-state index contributed by atoms with van der Waals surface area (Å²) in [5.41, 5.74) is 4.00. The van der Waals surface area contributed by atoms with Crippen LogP contribution >= 0.6 is 11.6 Å². The summed E-state index contributed by atoms with van der Waals surface area (Å²) in [4.78, 5) is 14.9. The number of carbonyl (C=O) groups is 1. The van der Waals surface area contributed by atoms with Crippen molar-refractivity contribution in [3.63, 3.8) is 0 Å². The highest BCUT2D eigenvalue weighted by atomic mass is 35.5. The number of benzene rings is 1. The first kappa shape index (κ1) is 17.0. The molecule has 1 aromatic heterocycles. The Bertz CT molecular complexity index is 755. The lowest BCUT2D eigenvalue weighted by atomic mass is 10.0. The molecule has 2 heterocycles. The third-order valence-corrected chi connectivity index (χ3v) is 5.16. The molecule has 1 N–H and O–H groups in total. The molecule has 1 amide bonds. The summed E-state index contributed by atoms with van der Waals surface area (Å²) >= 11 is 6.36. The lowest BCUT2D eigenvalue weighted by Gasteiger charge is -2.37. The minimum Gasteiger partial charge on any atom is -0.333 e. The Morgan fingerprint density at radius 3 is 2.79 bits per heavy atom. The topological polar surface area (TPSA) is 50.2 Å². The van der Waals surface area contributed by atoms with E-state index < -0.39 is 0 Å². The summed E-state index contributed by atoms with van der Waals surface area (Å²) in [5.74, 6) is 0.126. The van der Waals surface area contributed by atoms with Gasteiger partial charge in [-0.05, 0) is 25.5 Å². The van der Waals surface area contributed by atoms with E-state index in [0.717, 1.165) is 35.6 Å². The van der Waals surface area contributed by atoms with Gasteiger partial charge in [0.1, 0.15) is 0 Å². The van der Waals surface area contributed by atoms with Crippen LogP contribution in [0.4, 0.5) is 0 Å². The molecule has 3 rings (SSSR count). The fourth-order valence-electron chi connectivity index (χ4n) is 3.35. The number of aryl methyl sites for hydroxylation is 2. The molecular formula is C18H23ClN4O. The van der Waals surface area contributed by atoms with Gasteiger partial charge < -0.3 is 10.2 Å². The van der Waals surface area contributed by atoms with Crippen molar-refractivity contribution in [3.05, 3.63) is 51.8 Å². The van der Waals surface area contributed by atoms with Gasteiger partial charge in [0.15, 0.2) is 0 Å². The molecule has 1 fully saturated rings. The smallest absolute Gasteiger partial charge is 0.227 e. The zero-order valence-corrected chi connectivity index (χ0v) is 15.1. The number of rotatable bonds is 3. The summed E-state index contributed by atoms with van der Waals surface area (Å²) < 4.78 is 1.83. The van der Waals surface area contributed by atoms with E-state index in [-0.39, 0.29) is 11.9 Å². The first-order chi connectivity index (χ1) is 11.5. The average molecular weight is 347 g/mol. The number of aromatic nitrogens is 2. The molecule has 0 saturated carbocycles. The van der Waals surface area contributed by atoms with Crippen molar-refractivity contribution in [1.82, 2.24) is 20.0 Å². The van der Waals surface area contributed by atoms with Crippen LogP contribution in [0.15, 0.2) is 24.3 Å². The number of piperazine rings is 1. The Morgan fingerprint density at radius 1 is 1.38 bits per heavy atom. The normalized spacial score (nSPS) is 18.0. The molecule has 24 heavy (non-hydrogen) atoms. The van der Waals surface area contributed by atoms with E-state index in [1.807, 2.05) is 54.7 Å². The van der Waals surface area contributed by atoms with Gasteiger partial charge in [-0.1, -0.05) is 29.8 Å². The first-order valence-corrected chi connectivity index (χ1v) is 8.60. The molecule has 1 unspecified atom stereocenters. The number of nitrogens with one attached hydrogen (secondary N) is 1. The maximum absolute atomic E-state index is 13.0. The molecule has 1 aliphatic heterocycles. The molecule has 0 spiro atoms. The standard InChI is InChI=1S/C18H23ClN4O/c1-12-15(13(2)22(3)21-12)10-18(24)23-9-8-20-11-17(23)14-6-4-5-7-16(14)19/h4-7,17,20H,8-11H2,1-3H3. The van der Waals surface area contributed by atoms with Gasteiger partial charge in [-0.3, -0.25) is 9.48 Å². The van der Waals surface area contributed by atoms with Crippen molar-refractivity contribution in [2.24, 2.45) is 7.05 Å². The molecule has 2 aromatic rings. The van der Waals surface area contributed by atoms with E-state index in [4.69, 9.17) is 11.6 Å². The zero-order valence-electron chi connectivity index (χ0n) is 14.3. The molecule has 1 aromatic carbocycles. The van der Waals surface area contributed by atoms with Crippen LogP contribution in [-0.4, -0.2) is 40.2 Å². The van der Waals surface area contributed by atoms with Crippen molar-refractivity contribution in [2.45, 2.75) is 26.3 Å². The minimum absolute atomic E-state index is 0.0303. The molecule has 1 atom stereocenters. The number of nitrogens with zero attached hydrogens (tertiary/aromatic N) is 3. The summed E-state index contributed by atoms with van der Waals surface area (Å²) in [5, 5.41) is 8.49. The van der Waals surface area contributed by atoms with Crippen LogP contribution in [0, 0.1) is 13.8 Å². The molecular weight excluding hydrogens is 324 g/mol. The van der Waals surface area contributed by atoms with E-state index in [9.17, 15) is 4.79 Å². The van der Waals surface area contributed by atoms with Crippen LogP contribution in [0.3, 0.4) is 0 Å². The van der Waals surface area contributed by atoms with E-state index >= 15 is 0 Å². The van der Waals surface area contributed by atoms with E-state index in [1.54, 1.807) is 0 Å². The van der Waals surface area contributed by atoms with Gasteiger partial charge in [0.25, 0.3) is 0 Å². The number of halogens is 1. The lowest BCUT2D eigenvalue weighted by Crippen LogP contribution is -2.49. The third kappa shape index (κ3) is 3.19. The first-order valence-electron chi connectivity index (χ1n) is 8.22. The van der Waals surface area contributed by atoms with Crippen molar-refractivity contribution >= 4 is 17.5 Å². The Morgan fingerprint density at radius 2 is 2.12 bits per heavy atom. The summed E-state index contributed by atoms with van der Waals surface area (Å²) in [6, 6.07) is 7.73. The number of amides is 1. The van der Waals surface area contributed by atoms with Crippen LogP contribution in [0.2, 0.25) is 5.02 Å². The summed E-state index contributed by atoms with van der Waals surface area (Å²) in [6.45, 7) is 6.18. The Hall–Kier alpha value is -1.85.